The summed E-state index contributed by atoms with van der Waals surface area (Å²) in [5.74, 6) is 0.738. The first kappa shape index (κ1) is 21.1. The van der Waals surface area contributed by atoms with Gasteiger partial charge in [0, 0.05) is 12.1 Å². The van der Waals surface area contributed by atoms with Gasteiger partial charge in [0.25, 0.3) is 5.91 Å². The molecule has 4 heteroatoms. The minimum absolute atomic E-state index is 0.0236. The molecule has 1 aliphatic heterocycles. The number of likely N-dealkylation sites (tertiary alicyclic amines) is 1. The molecule has 4 nitrogen and oxygen atoms in total. The van der Waals surface area contributed by atoms with E-state index in [9.17, 15) is 4.79 Å². The van der Waals surface area contributed by atoms with Gasteiger partial charge in [-0.15, -0.1) is 0 Å². The molecule has 160 valence electrons. The Kier molecular flexibility index (Phi) is 7.35. The van der Waals surface area contributed by atoms with Crippen molar-refractivity contribution in [3.8, 4) is 16.9 Å². The van der Waals surface area contributed by atoms with Crippen molar-refractivity contribution in [2.24, 2.45) is 0 Å². The highest BCUT2D eigenvalue weighted by Gasteiger charge is 2.11. The van der Waals surface area contributed by atoms with Crippen molar-refractivity contribution in [1.29, 1.82) is 0 Å². The van der Waals surface area contributed by atoms with Gasteiger partial charge in [0.2, 0.25) is 0 Å². The second-order valence-corrected chi connectivity index (χ2v) is 8.03. The van der Waals surface area contributed by atoms with Crippen LogP contribution in [0.4, 0.5) is 0 Å². The Morgan fingerprint density at radius 1 is 0.839 bits per heavy atom. The molecule has 4 rings (SSSR count). The van der Waals surface area contributed by atoms with Crippen LogP contribution in [0, 0.1) is 0 Å². The molecule has 3 aromatic rings. The number of hydrogen-bond acceptors (Lipinski definition) is 3. The molecule has 0 aromatic heterocycles. The van der Waals surface area contributed by atoms with Crippen LogP contribution in [-0.2, 0) is 6.61 Å². The Morgan fingerprint density at radius 2 is 1.52 bits per heavy atom. The van der Waals surface area contributed by atoms with Crippen LogP contribution in [0.1, 0.15) is 35.2 Å². The number of hydrogen-bond donors (Lipinski definition) is 1. The molecule has 3 aromatic carbocycles. The summed E-state index contributed by atoms with van der Waals surface area (Å²) >= 11 is 0. The molecule has 0 bridgehead atoms. The van der Waals surface area contributed by atoms with Crippen LogP contribution in [0.3, 0.4) is 0 Å². The van der Waals surface area contributed by atoms with Gasteiger partial charge in [0.15, 0.2) is 0 Å². The van der Waals surface area contributed by atoms with E-state index < -0.39 is 0 Å². The monoisotopic (exact) mass is 414 g/mol. The Morgan fingerprint density at radius 3 is 2.23 bits per heavy atom. The first-order valence-corrected chi connectivity index (χ1v) is 11.2. The van der Waals surface area contributed by atoms with E-state index in [0.29, 0.717) is 18.7 Å². The van der Waals surface area contributed by atoms with Crippen molar-refractivity contribution in [2.45, 2.75) is 25.9 Å². The zero-order valence-electron chi connectivity index (χ0n) is 17.9. The van der Waals surface area contributed by atoms with E-state index in [0.717, 1.165) is 24.3 Å². The third-order valence-corrected chi connectivity index (χ3v) is 5.72. The van der Waals surface area contributed by atoms with Crippen LogP contribution in [-0.4, -0.2) is 37.0 Å². The van der Waals surface area contributed by atoms with E-state index in [1.807, 2.05) is 42.5 Å². The Labute approximate surface area is 184 Å². The predicted octanol–water partition coefficient (Wildman–Crippen LogP) is 5.15. The molecule has 1 aliphatic rings. The normalized spacial score (nSPS) is 13.8. The second kappa shape index (κ2) is 10.8. The lowest BCUT2D eigenvalue weighted by atomic mass is 10.0. The van der Waals surface area contributed by atoms with Crippen molar-refractivity contribution in [2.75, 3.05) is 26.2 Å². The molecule has 1 heterocycles. The quantitative estimate of drug-likeness (QED) is 0.493. The van der Waals surface area contributed by atoms with Crippen LogP contribution in [0.2, 0.25) is 0 Å². The van der Waals surface area contributed by atoms with E-state index in [1.165, 1.54) is 37.1 Å². The van der Waals surface area contributed by atoms with Crippen LogP contribution in [0.15, 0.2) is 78.9 Å². The number of carbonyl (C=O) groups is 1. The minimum atomic E-state index is -0.0236. The summed E-state index contributed by atoms with van der Waals surface area (Å²) in [6.45, 7) is 4.68. The van der Waals surface area contributed by atoms with E-state index >= 15 is 0 Å². The van der Waals surface area contributed by atoms with Crippen molar-refractivity contribution in [3.05, 3.63) is 90.0 Å². The number of nitrogens with one attached hydrogen (secondary N) is 1. The summed E-state index contributed by atoms with van der Waals surface area (Å²) in [4.78, 5) is 14.8. The smallest absolute Gasteiger partial charge is 0.251 e. The first-order chi connectivity index (χ1) is 15.3. The fourth-order valence-corrected chi connectivity index (χ4v) is 3.91. The predicted molar refractivity (Wildman–Crippen MR) is 125 cm³/mol. The lowest BCUT2D eigenvalue weighted by Gasteiger charge is -2.14. The highest BCUT2D eigenvalue weighted by Crippen LogP contribution is 2.20. The van der Waals surface area contributed by atoms with Crippen molar-refractivity contribution >= 4 is 5.91 Å². The topological polar surface area (TPSA) is 41.6 Å². The maximum absolute atomic E-state index is 12.3. The molecule has 1 saturated heterocycles. The Balaban J connectivity index is 1.21. The SMILES string of the molecule is O=C(NCCCN1CCCC1)c1ccc(OCc2ccc(-c3ccccc3)cc2)cc1. The van der Waals surface area contributed by atoms with Gasteiger partial charge in [0.1, 0.15) is 12.4 Å². The maximum atomic E-state index is 12.3. The average molecular weight is 415 g/mol. The zero-order chi connectivity index (χ0) is 21.3. The summed E-state index contributed by atoms with van der Waals surface area (Å²) in [5.41, 5.74) is 4.18. The third kappa shape index (κ3) is 6.19. The molecular weight excluding hydrogens is 384 g/mol. The van der Waals surface area contributed by atoms with Crippen molar-refractivity contribution < 1.29 is 9.53 Å². The van der Waals surface area contributed by atoms with Gasteiger partial charge >= 0.3 is 0 Å². The molecule has 0 unspecified atom stereocenters. The van der Waals surface area contributed by atoms with Gasteiger partial charge in [-0.2, -0.15) is 0 Å². The summed E-state index contributed by atoms with van der Waals surface area (Å²) in [5, 5.41) is 3.01. The average Bonchev–Trinajstić information content (AvgIpc) is 3.35. The molecule has 0 atom stereocenters. The molecule has 31 heavy (non-hydrogen) atoms. The van der Waals surface area contributed by atoms with Crippen LogP contribution in [0.25, 0.3) is 11.1 Å². The third-order valence-electron chi connectivity index (χ3n) is 5.72. The highest BCUT2D eigenvalue weighted by atomic mass is 16.5. The molecule has 1 fully saturated rings. The number of amides is 1. The minimum Gasteiger partial charge on any atom is -0.489 e. The molecule has 0 aliphatic carbocycles. The van der Waals surface area contributed by atoms with Gasteiger partial charge < -0.3 is 15.0 Å². The fraction of sp³-hybridized carbons (Fsp3) is 0.296. The molecule has 1 N–H and O–H groups in total. The molecular formula is C27H30N2O2. The number of ether oxygens (including phenoxy) is 1. The molecule has 0 radical (unpaired) electrons. The lowest BCUT2D eigenvalue weighted by molar-refractivity contribution is 0.0952. The van der Waals surface area contributed by atoms with Crippen LogP contribution >= 0.6 is 0 Å². The fourth-order valence-electron chi connectivity index (χ4n) is 3.91. The molecule has 0 saturated carbocycles. The standard InChI is InChI=1S/C27H30N2O2/c30-27(28-17-6-20-29-18-4-5-19-29)25-13-15-26(16-14-25)31-21-22-9-11-24(12-10-22)23-7-2-1-3-8-23/h1-3,7-16H,4-6,17-21H2,(H,28,30). The van der Waals surface area contributed by atoms with E-state index in [4.69, 9.17) is 4.74 Å². The Hall–Kier alpha value is -3.11. The first-order valence-electron chi connectivity index (χ1n) is 11.2. The van der Waals surface area contributed by atoms with Crippen LogP contribution in [0.5, 0.6) is 5.75 Å². The van der Waals surface area contributed by atoms with E-state index in [1.54, 1.807) is 0 Å². The van der Waals surface area contributed by atoms with Crippen LogP contribution < -0.4 is 10.1 Å². The highest BCUT2D eigenvalue weighted by molar-refractivity contribution is 5.94. The largest absolute Gasteiger partial charge is 0.489 e. The van der Waals surface area contributed by atoms with Crippen molar-refractivity contribution in [1.82, 2.24) is 10.2 Å². The van der Waals surface area contributed by atoms with Gasteiger partial charge in [-0.1, -0.05) is 54.6 Å². The lowest BCUT2D eigenvalue weighted by Crippen LogP contribution is -2.28. The number of benzene rings is 3. The molecule has 0 spiro atoms. The summed E-state index contributed by atoms with van der Waals surface area (Å²) in [6, 6.07) is 26.1. The summed E-state index contributed by atoms with van der Waals surface area (Å²) < 4.78 is 5.89. The van der Waals surface area contributed by atoms with Gasteiger partial charge in [-0.05, 0) is 79.9 Å². The number of carbonyl (C=O) groups excluding carboxylic acids is 1. The second-order valence-electron chi connectivity index (χ2n) is 8.03. The maximum Gasteiger partial charge on any atom is 0.251 e. The van der Waals surface area contributed by atoms with Gasteiger partial charge in [0.05, 0.1) is 0 Å². The molecule has 1 amide bonds. The summed E-state index contributed by atoms with van der Waals surface area (Å²) in [6.07, 6.45) is 3.61. The van der Waals surface area contributed by atoms with E-state index in [-0.39, 0.29) is 5.91 Å². The van der Waals surface area contributed by atoms with Crippen molar-refractivity contribution in [3.63, 3.8) is 0 Å². The Bertz CT molecular complexity index is 947. The number of rotatable bonds is 9. The zero-order valence-corrected chi connectivity index (χ0v) is 17.9. The van der Waals surface area contributed by atoms with Gasteiger partial charge in [-0.3, -0.25) is 4.79 Å². The summed E-state index contributed by atoms with van der Waals surface area (Å²) in [7, 11) is 0. The van der Waals surface area contributed by atoms with Gasteiger partial charge in [-0.25, -0.2) is 0 Å². The van der Waals surface area contributed by atoms with E-state index in [2.05, 4.69) is 46.6 Å². The number of nitrogens with zero attached hydrogens (tertiary/aromatic N) is 1.